The second-order valence-corrected chi connectivity index (χ2v) is 6.25. The van der Waals surface area contributed by atoms with Crippen LogP contribution in [0.2, 0.25) is 5.02 Å². The van der Waals surface area contributed by atoms with E-state index in [4.69, 9.17) is 21.1 Å². The number of para-hydroxylation sites is 1. The largest absolute Gasteiger partial charge is 0.486 e. The molecule has 23 heavy (non-hydrogen) atoms. The molecule has 1 saturated heterocycles. The maximum absolute atomic E-state index is 6.22. The van der Waals surface area contributed by atoms with Gasteiger partial charge in [0.1, 0.15) is 11.9 Å². The fourth-order valence-corrected chi connectivity index (χ4v) is 3.01. The molecule has 1 heterocycles. The summed E-state index contributed by atoms with van der Waals surface area (Å²) in [5.41, 5.74) is 1.17. The Balaban J connectivity index is 1.60. The zero-order chi connectivity index (χ0) is 15.9. The second-order valence-electron chi connectivity index (χ2n) is 5.84. The van der Waals surface area contributed by atoms with Crippen molar-refractivity contribution in [3.63, 3.8) is 0 Å². The van der Waals surface area contributed by atoms with Gasteiger partial charge in [0.15, 0.2) is 0 Å². The third-order valence-electron chi connectivity index (χ3n) is 4.13. The van der Waals surface area contributed by atoms with E-state index in [1.165, 1.54) is 5.56 Å². The number of benzene rings is 2. The summed E-state index contributed by atoms with van der Waals surface area (Å²) in [6.07, 6.45) is 1.11. The molecule has 0 saturated carbocycles. The Bertz CT molecular complexity index is 599. The smallest absolute Gasteiger partial charge is 0.138 e. The molecule has 0 aromatic heterocycles. The molecule has 1 aliphatic heterocycles. The Morgan fingerprint density at radius 1 is 1.09 bits per heavy atom. The number of ether oxygens (including phenoxy) is 2. The van der Waals surface area contributed by atoms with Crippen LogP contribution < -0.4 is 10.1 Å². The van der Waals surface area contributed by atoms with Crippen LogP contribution >= 0.6 is 11.6 Å². The van der Waals surface area contributed by atoms with Crippen LogP contribution in [0.25, 0.3) is 0 Å². The number of hydrogen-bond donors (Lipinski definition) is 1. The number of halogens is 1. The van der Waals surface area contributed by atoms with Crippen molar-refractivity contribution in [1.82, 2.24) is 5.32 Å². The monoisotopic (exact) mass is 331 g/mol. The average Bonchev–Trinajstić information content (AvgIpc) is 3.11. The van der Waals surface area contributed by atoms with Crippen LogP contribution in [0.1, 0.15) is 12.0 Å². The molecule has 0 radical (unpaired) electrons. The molecule has 0 aliphatic carbocycles. The Morgan fingerprint density at radius 3 is 2.61 bits per heavy atom. The van der Waals surface area contributed by atoms with Gasteiger partial charge in [-0.2, -0.15) is 0 Å². The van der Waals surface area contributed by atoms with E-state index in [0.29, 0.717) is 24.2 Å². The average molecular weight is 332 g/mol. The number of nitrogens with one attached hydrogen (secondary N) is 1. The standard InChI is InChI=1S/C19H22ClNO2/c20-17-8-4-5-9-18(17)23-19(16-10-11-21-12-16)14-22-13-15-6-2-1-3-7-15/h1-9,16,19,21H,10-14H2/t16?,19-/m0/s1. The Hall–Kier alpha value is -1.55. The summed E-state index contributed by atoms with van der Waals surface area (Å²) in [6, 6.07) is 17.8. The first kappa shape index (κ1) is 16.3. The molecule has 1 fully saturated rings. The third-order valence-corrected chi connectivity index (χ3v) is 4.45. The van der Waals surface area contributed by atoms with Crippen LogP contribution in [0.4, 0.5) is 0 Å². The Morgan fingerprint density at radius 2 is 1.87 bits per heavy atom. The first-order valence-electron chi connectivity index (χ1n) is 8.06. The molecule has 1 N–H and O–H groups in total. The maximum Gasteiger partial charge on any atom is 0.138 e. The van der Waals surface area contributed by atoms with Gasteiger partial charge in [-0.05, 0) is 30.7 Å². The van der Waals surface area contributed by atoms with E-state index in [1.807, 2.05) is 42.5 Å². The van der Waals surface area contributed by atoms with Gasteiger partial charge in [0, 0.05) is 12.5 Å². The molecule has 2 aromatic carbocycles. The van der Waals surface area contributed by atoms with Crippen molar-refractivity contribution in [2.75, 3.05) is 19.7 Å². The first-order valence-corrected chi connectivity index (χ1v) is 8.44. The highest BCUT2D eigenvalue weighted by molar-refractivity contribution is 6.32. The highest BCUT2D eigenvalue weighted by Crippen LogP contribution is 2.27. The van der Waals surface area contributed by atoms with E-state index < -0.39 is 0 Å². The summed E-state index contributed by atoms with van der Waals surface area (Å²) in [5, 5.41) is 4.04. The van der Waals surface area contributed by atoms with Crippen LogP contribution in [0.3, 0.4) is 0 Å². The fourth-order valence-electron chi connectivity index (χ4n) is 2.83. The maximum atomic E-state index is 6.22. The minimum Gasteiger partial charge on any atom is -0.486 e. The van der Waals surface area contributed by atoms with Crippen molar-refractivity contribution < 1.29 is 9.47 Å². The molecule has 3 rings (SSSR count). The van der Waals surface area contributed by atoms with E-state index >= 15 is 0 Å². The fraction of sp³-hybridized carbons (Fsp3) is 0.368. The SMILES string of the molecule is Clc1ccccc1O[C@@H](COCc1ccccc1)C1CCNC1. The quantitative estimate of drug-likeness (QED) is 0.834. The Labute approximate surface area is 142 Å². The van der Waals surface area contributed by atoms with Gasteiger partial charge in [0.2, 0.25) is 0 Å². The molecule has 4 heteroatoms. The molecule has 0 amide bonds. The van der Waals surface area contributed by atoms with Gasteiger partial charge in [-0.15, -0.1) is 0 Å². The molecule has 1 aliphatic rings. The second kappa shape index (κ2) is 8.34. The lowest BCUT2D eigenvalue weighted by Gasteiger charge is -2.25. The lowest BCUT2D eigenvalue weighted by molar-refractivity contribution is 0.0166. The van der Waals surface area contributed by atoms with Gasteiger partial charge in [0.05, 0.1) is 18.2 Å². The summed E-state index contributed by atoms with van der Waals surface area (Å²) < 4.78 is 12.1. The van der Waals surface area contributed by atoms with E-state index in [2.05, 4.69) is 17.4 Å². The molecular formula is C19H22ClNO2. The van der Waals surface area contributed by atoms with Gasteiger partial charge in [-0.3, -0.25) is 0 Å². The third kappa shape index (κ3) is 4.71. The van der Waals surface area contributed by atoms with E-state index in [9.17, 15) is 0 Å². The van der Waals surface area contributed by atoms with Crippen molar-refractivity contribution in [2.45, 2.75) is 19.1 Å². The summed E-state index contributed by atoms with van der Waals surface area (Å²) in [7, 11) is 0. The molecule has 1 unspecified atom stereocenters. The van der Waals surface area contributed by atoms with Gasteiger partial charge < -0.3 is 14.8 Å². The predicted octanol–water partition coefficient (Wildman–Crippen LogP) is 3.91. The Kier molecular flexibility index (Phi) is 5.92. The molecule has 2 atom stereocenters. The summed E-state index contributed by atoms with van der Waals surface area (Å²) in [5.74, 6) is 1.18. The minimum atomic E-state index is 0.00797. The van der Waals surface area contributed by atoms with Crippen molar-refractivity contribution in [1.29, 1.82) is 0 Å². The molecule has 2 aromatic rings. The summed E-state index contributed by atoms with van der Waals surface area (Å²) in [6.45, 7) is 3.16. The molecular weight excluding hydrogens is 310 g/mol. The van der Waals surface area contributed by atoms with Crippen LogP contribution in [-0.2, 0) is 11.3 Å². The number of rotatable bonds is 7. The molecule has 0 spiro atoms. The van der Waals surface area contributed by atoms with Gasteiger partial charge in [-0.1, -0.05) is 54.1 Å². The topological polar surface area (TPSA) is 30.5 Å². The lowest BCUT2D eigenvalue weighted by atomic mass is 10.0. The van der Waals surface area contributed by atoms with Crippen molar-refractivity contribution >= 4 is 11.6 Å². The highest BCUT2D eigenvalue weighted by atomic mass is 35.5. The van der Waals surface area contributed by atoms with Crippen molar-refractivity contribution in [2.24, 2.45) is 5.92 Å². The highest BCUT2D eigenvalue weighted by Gasteiger charge is 2.27. The normalized spacial score (nSPS) is 18.7. The summed E-state index contributed by atoms with van der Waals surface area (Å²) >= 11 is 6.22. The van der Waals surface area contributed by atoms with E-state index in [0.717, 1.165) is 25.3 Å². The van der Waals surface area contributed by atoms with Crippen LogP contribution in [-0.4, -0.2) is 25.8 Å². The summed E-state index contributed by atoms with van der Waals surface area (Å²) in [4.78, 5) is 0. The predicted molar refractivity (Wildman–Crippen MR) is 92.9 cm³/mol. The van der Waals surface area contributed by atoms with Crippen molar-refractivity contribution in [3.8, 4) is 5.75 Å². The van der Waals surface area contributed by atoms with E-state index in [1.54, 1.807) is 0 Å². The molecule has 0 bridgehead atoms. The zero-order valence-corrected chi connectivity index (χ0v) is 13.8. The molecule has 3 nitrogen and oxygen atoms in total. The number of hydrogen-bond acceptors (Lipinski definition) is 3. The first-order chi connectivity index (χ1) is 11.3. The van der Waals surface area contributed by atoms with E-state index in [-0.39, 0.29) is 6.10 Å². The van der Waals surface area contributed by atoms with Gasteiger partial charge in [0.25, 0.3) is 0 Å². The van der Waals surface area contributed by atoms with Crippen LogP contribution in [0.15, 0.2) is 54.6 Å². The van der Waals surface area contributed by atoms with Crippen molar-refractivity contribution in [3.05, 3.63) is 65.2 Å². The lowest BCUT2D eigenvalue weighted by Crippen LogP contribution is -2.33. The zero-order valence-electron chi connectivity index (χ0n) is 13.1. The van der Waals surface area contributed by atoms with Crippen LogP contribution in [0.5, 0.6) is 5.75 Å². The van der Waals surface area contributed by atoms with Crippen LogP contribution in [0, 0.1) is 5.92 Å². The minimum absolute atomic E-state index is 0.00797. The van der Waals surface area contributed by atoms with Gasteiger partial charge >= 0.3 is 0 Å². The van der Waals surface area contributed by atoms with Gasteiger partial charge in [-0.25, -0.2) is 0 Å². The molecule has 122 valence electrons.